The van der Waals surface area contributed by atoms with Gasteiger partial charge >= 0.3 is 0 Å². The van der Waals surface area contributed by atoms with Crippen molar-refractivity contribution in [2.45, 2.75) is 52.2 Å². The van der Waals surface area contributed by atoms with Gasteiger partial charge in [-0.25, -0.2) is 4.98 Å². The van der Waals surface area contributed by atoms with Crippen molar-refractivity contribution in [3.8, 4) is 5.75 Å². The molecular weight excluding hydrogens is 354 g/mol. The number of likely N-dealkylation sites (tertiary alicyclic amines) is 1. The van der Waals surface area contributed by atoms with Crippen LogP contribution in [0.2, 0.25) is 0 Å². The van der Waals surface area contributed by atoms with Gasteiger partial charge in [0.15, 0.2) is 0 Å². The average molecular weight is 386 g/mol. The van der Waals surface area contributed by atoms with Gasteiger partial charge in [-0.15, -0.1) is 0 Å². The van der Waals surface area contributed by atoms with Gasteiger partial charge in [-0.05, 0) is 50.4 Å². The normalized spacial score (nSPS) is 17.6. The van der Waals surface area contributed by atoms with Crippen molar-refractivity contribution in [3.05, 3.63) is 56.8 Å². The van der Waals surface area contributed by atoms with Gasteiger partial charge in [0.1, 0.15) is 11.6 Å². The maximum Gasteiger partial charge on any atom is 0.254 e. The number of benzene rings is 1. The number of aryl methyl sites for hydroxylation is 1. The van der Waals surface area contributed by atoms with Gasteiger partial charge in [-0.2, -0.15) is 0 Å². The lowest BCUT2D eigenvalue weighted by Crippen LogP contribution is -2.35. The van der Waals surface area contributed by atoms with E-state index in [1.165, 1.54) is 0 Å². The molecule has 1 aliphatic heterocycles. The van der Waals surface area contributed by atoms with Crippen LogP contribution >= 0.6 is 0 Å². The van der Waals surface area contributed by atoms with Crippen LogP contribution in [-0.4, -0.2) is 42.2 Å². The third-order valence-corrected chi connectivity index (χ3v) is 5.54. The second-order valence-corrected chi connectivity index (χ2v) is 7.52. The van der Waals surface area contributed by atoms with Crippen LogP contribution in [0.5, 0.6) is 5.75 Å². The molecule has 1 aromatic carbocycles. The zero-order valence-corrected chi connectivity index (χ0v) is 17.4. The van der Waals surface area contributed by atoms with Crippen LogP contribution in [-0.2, 0) is 24.3 Å². The molecule has 6 heteroatoms. The molecule has 1 saturated heterocycles. The number of piperidine rings is 1. The van der Waals surface area contributed by atoms with Crippen molar-refractivity contribution in [1.29, 1.82) is 0 Å². The van der Waals surface area contributed by atoms with E-state index in [0.717, 1.165) is 66.4 Å². The predicted molar refractivity (Wildman–Crippen MR) is 110 cm³/mol. The Morgan fingerprint density at radius 1 is 1.32 bits per heavy atom. The number of aromatic amines is 1. The van der Waals surface area contributed by atoms with E-state index in [-0.39, 0.29) is 11.5 Å². The summed E-state index contributed by atoms with van der Waals surface area (Å²) in [6.07, 6.45) is 2.84. The van der Waals surface area contributed by atoms with Crippen molar-refractivity contribution in [2.75, 3.05) is 27.3 Å². The quantitative estimate of drug-likeness (QED) is 0.793. The average Bonchev–Trinajstić information content (AvgIpc) is 2.68. The van der Waals surface area contributed by atoms with Crippen LogP contribution in [0.25, 0.3) is 0 Å². The van der Waals surface area contributed by atoms with Crippen LogP contribution in [0.15, 0.2) is 23.0 Å². The van der Waals surface area contributed by atoms with E-state index in [4.69, 9.17) is 14.5 Å². The standard InChI is InChI=1S/C22H31N3O3/c1-5-19-15(2)23-21(24-22(19)26)17-7-6-10-25(12-17)13-18-11-16(14-27-3)8-9-20(18)28-4/h8-9,11,17H,5-7,10,12-14H2,1-4H3,(H,23,24,26)/t17-/m1/s1. The maximum atomic E-state index is 12.4. The van der Waals surface area contributed by atoms with Crippen molar-refractivity contribution in [3.63, 3.8) is 0 Å². The minimum absolute atomic E-state index is 0.0102. The molecule has 0 amide bonds. The molecule has 3 rings (SSSR count). The largest absolute Gasteiger partial charge is 0.496 e. The number of methoxy groups -OCH3 is 2. The Bertz CT molecular complexity index is 863. The first kappa shape index (κ1) is 20.6. The van der Waals surface area contributed by atoms with Crippen LogP contribution in [0, 0.1) is 6.92 Å². The highest BCUT2D eigenvalue weighted by molar-refractivity contribution is 5.37. The Morgan fingerprint density at radius 2 is 2.14 bits per heavy atom. The van der Waals surface area contributed by atoms with Gasteiger partial charge in [0, 0.05) is 42.9 Å². The fraction of sp³-hybridized carbons (Fsp3) is 0.545. The van der Waals surface area contributed by atoms with Crippen LogP contribution in [0.3, 0.4) is 0 Å². The molecular formula is C22H31N3O3. The van der Waals surface area contributed by atoms with Crippen molar-refractivity contribution in [1.82, 2.24) is 14.9 Å². The number of nitrogens with zero attached hydrogens (tertiary/aromatic N) is 2. The fourth-order valence-corrected chi connectivity index (χ4v) is 4.12. The topological polar surface area (TPSA) is 67.5 Å². The molecule has 1 atom stereocenters. The molecule has 1 aromatic heterocycles. The Hall–Kier alpha value is -2.18. The molecule has 28 heavy (non-hydrogen) atoms. The van der Waals surface area contributed by atoms with Gasteiger partial charge in [0.2, 0.25) is 0 Å². The summed E-state index contributed by atoms with van der Waals surface area (Å²) in [7, 11) is 3.42. The number of nitrogens with one attached hydrogen (secondary N) is 1. The summed E-state index contributed by atoms with van der Waals surface area (Å²) in [5.74, 6) is 1.97. The number of ether oxygens (including phenoxy) is 2. The summed E-state index contributed by atoms with van der Waals surface area (Å²) in [6.45, 7) is 7.24. The lowest BCUT2D eigenvalue weighted by Gasteiger charge is -2.32. The van der Waals surface area contributed by atoms with E-state index in [2.05, 4.69) is 16.0 Å². The number of aromatic nitrogens is 2. The van der Waals surface area contributed by atoms with E-state index in [1.807, 2.05) is 26.0 Å². The molecule has 1 fully saturated rings. The summed E-state index contributed by atoms with van der Waals surface area (Å²) in [6, 6.07) is 6.21. The lowest BCUT2D eigenvalue weighted by atomic mass is 9.96. The lowest BCUT2D eigenvalue weighted by molar-refractivity contribution is 0.183. The summed E-state index contributed by atoms with van der Waals surface area (Å²) >= 11 is 0. The van der Waals surface area contributed by atoms with Gasteiger partial charge in [0.25, 0.3) is 5.56 Å². The minimum Gasteiger partial charge on any atom is -0.496 e. The molecule has 152 valence electrons. The van der Waals surface area contributed by atoms with Gasteiger partial charge in [-0.1, -0.05) is 13.0 Å². The first-order valence-corrected chi connectivity index (χ1v) is 10.0. The third-order valence-electron chi connectivity index (χ3n) is 5.54. The van der Waals surface area contributed by atoms with Gasteiger partial charge in [0.05, 0.1) is 13.7 Å². The number of H-pyrrole nitrogens is 1. The Balaban J connectivity index is 1.77. The second-order valence-electron chi connectivity index (χ2n) is 7.52. The van der Waals surface area contributed by atoms with Crippen molar-refractivity contribution >= 4 is 0 Å². The van der Waals surface area contributed by atoms with E-state index in [1.54, 1.807) is 14.2 Å². The highest BCUT2D eigenvalue weighted by Crippen LogP contribution is 2.28. The van der Waals surface area contributed by atoms with E-state index in [0.29, 0.717) is 13.0 Å². The summed E-state index contributed by atoms with van der Waals surface area (Å²) < 4.78 is 10.8. The zero-order chi connectivity index (χ0) is 20.1. The molecule has 0 saturated carbocycles. The van der Waals surface area contributed by atoms with E-state index < -0.39 is 0 Å². The molecule has 0 spiro atoms. The highest BCUT2D eigenvalue weighted by Gasteiger charge is 2.24. The Kier molecular flexibility index (Phi) is 6.86. The summed E-state index contributed by atoms with van der Waals surface area (Å²) in [4.78, 5) is 22.5. The smallest absolute Gasteiger partial charge is 0.254 e. The molecule has 6 nitrogen and oxygen atoms in total. The SMILES string of the molecule is CCc1c(C)nc([C@@H]2CCCN(Cc3cc(COC)ccc3OC)C2)[nH]c1=O. The van der Waals surface area contributed by atoms with Crippen LogP contribution < -0.4 is 10.3 Å². The van der Waals surface area contributed by atoms with E-state index >= 15 is 0 Å². The van der Waals surface area contributed by atoms with Crippen molar-refractivity contribution < 1.29 is 9.47 Å². The summed E-state index contributed by atoms with van der Waals surface area (Å²) in [5, 5.41) is 0. The molecule has 1 aliphatic rings. The molecule has 2 aromatic rings. The minimum atomic E-state index is 0.0102. The Morgan fingerprint density at radius 3 is 2.82 bits per heavy atom. The monoisotopic (exact) mass is 385 g/mol. The van der Waals surface area contributed by atoms with Crippen LogP contribution in [0.1, 0.15) is 53.9 Å². The second kappa shape index (κ2) is 9.34. The molecule has 1 N–H and O–H groups in total. The third kappa shape index (κ3) is 4.62. The van der Waals surface area contributed by atoms with Crippen molar-refractivity contribution in [2.24, 2.45) is 0 Å². The maximum absolute atomic E-state index is 12.4. The first-order chi connectivity index (χ1) is 13.5. The predicted octanol–water partition coefficient (Wildman–Crippen LogP) is 3.18. The molecule has 0 unspecified atom stereocenters. The Labute approximate surface area is 166 Å². The summed E-state index contributed by atoms with van der Waals surface area (Å²) in [5.41, 5.74) is 3.96. The van der Waals surface area contributed by atoms with E-state index in [9.17, 15) is 4.79 Å². The molecule has 0 radical (unpaired) electrons. The molecule has 0 aliphatic carbocycles. The van der Waals surface area contributed by atoms with Gasteiger partial charge < -0.3 is 14.5 Å². The molecule has 2 heterocycles. The fourth-order valence-electron chi connectivity index (χ4n) is 4.12. The van der Waals surface area contributed by atoms with Gasteiger partial charge in [-0.3, -0.25) is 9.69 Å². The van der Waals surface area contributed by atoms with Crippen LogP contribution in [0.4, 0.5) is 0 Å². The number of hydrogen-bond acceptors (Lipinski definition) is 5. The molecule has 0 bridgehead atoms. The zero-order valence-electron chi connectivity index (χ0n) is 17.4. The number of hydrogen-bond donors (Lipinski definition) is 1. The number of rotatable bonds is 7. The highest BCUT2D eigenvalue weighted by atomic mass is 16.5. The first-order valence-electron chi connectivity index (χ1n) is 10.0.